The maximum atomic E-state index is 12.7. The summed E-state index contributed by atoms with van der Waals surface area (Å²) in [6, 6.07) is 0.774. The summed E-state index contributed by atoms with van der Waals surface area (Å²) in [5, 5.41) is 14.4. The molecular formula is C12H12F3N7O2. The lowest BCUT2D eigenvalue weighted by atomic mass is 10.0. The standard InChI is InChI=1S/C12H12F3N7O2/c1-16-11(24)9-18-8(19-20-9)5-2-3-22-7(17-10(5)23)4-6(21-22)12(13,14)15/h4-5H,2-3H2,1H3,(H,16,24)(H,17,23)(H,18,19,20). The predicted molar refractivity (Wildman–Crippen MR) is 73.0 cm³/mol. The average molecular weight is 343 g/mol. The van der Waals surface area contributed by atoms with Crippen LogP contribution >= 0.6 is 0 Å². The summed E-state index contributed by atoms with van der Waals surface area (Å²) in [4.78, 5) is 27.7. The number of alkyl halides is 3. The van der Waals surface area contributed by atoms with Crippen LogP contribution in [-0.4, -0.2) is 43.8 Å². The molecule has 0 bridgehead atoms. The first kappa shape index (κ1) is 16.0. The van der Waals surface area contributed by atoms with Crippen molar-refractivity contribution in [2.75, 3.05) is 12.4 Å². The van der Waals surface area contributed by atoms with Crippen LogP contribution in [0.2, 0.25) is 0 Å². The fraction of sp³-hybridized carbons (Fsp3) is 0.417. The highest BCUT2D eigenvalue weighted by Gasteiger charge is 2.37. The SMILES string of the molecule is CNC(=O)c1n[nH]c(C2CCn3nc(C(F)(F)F)cc3NC2=O)n1. The van der Waals surface area contributed by atoms with Crippen LogP contribution < -0.4 is 10.6 Å². The Labute approximate surface area is 132 Å². The highest BCUT2D eigenvalue weighted by molar-refractivity contribution is 5.95. The lowest BCUT2D eigenvalue weighted by Gasteiger charge is -2.08. The van der Waals surface area contributed by atoms with Gasteiger partial charge in [0.15, 0.2) is 5.69 Å². The Balaban J connectivity index is 1.83. The number of aromatic amines is 1. The Kier molecular flexibility index (Phi) is 3.73. The number of H-pyrrole nitrogens is 1. The minimum atomic E-state index is -4.59. The van der Waals surface area contributed by atoms with E-state index in [-0.39, 0.29) is 30.4 Å². The van der Waals surface area contributed by atoms with Gasteiger partial charge >= 0.3 is 6.18 Å². The van der Waals surface area contributed by atoms with Gasteiger partial charge in [0.05, 0.1) is 5.92 Å². The van der Waals surface area contributed by atoms with E-state index in [2.05, 4.69) is 30.9 Å². The highest BCUT2D eigenvalue weighted by Crippen LogP contribution is 2.32. The number of anilines is 1. The normalized spacial score (nSPS) is 17.8. The molecule has 128 valence electrons. The zero-order chi connectivity index (χ0) is 17.5. The van der Waals surface area contributed by atoms with Crippen LogP contribution in [0.4, 0.5) is 19.0 Å². The van der Waals surface area contributed by atoms with Crippen LogP contribution in [0.5, 0.6) is 0 Å². The third kappa shape index (κ3) is 2.81. The van der Waals surface area contributed by atoms with E-state index in [1.807, 2.05) is 0 Å². The number of hydrogen-bond donors (Lipinski definition) is 3. The summed E-state index contributed by atoms with van der Waals surface area (Å²) >= 11 is 0. The first-order valence-corrected chi connectivity index (χ1v) is 6.90. The smallest absolute Gasteiger partial charge is 0.352 e. The van der Waals surface area contributed by atoms with Crippen molar-refractivity contribution >= 4 is 17.6 Å². The number of carbonyl (C=O) groups excluding carboxylic acids is 2. The van der Waals surface area contributed by atoms with Gasteiger partial charge in [-0.2, -0.15) is 18.3 Å². The van der Waals surface area contributed by atoms with Crippen molar-refractivity contribution in [3.05, 3.63) is 23.4 Å². The van der Waals surface area contributed by atoms with E-state index in [0.29, 0.717) is 0 Å². The van der Waals surface area contributed by atoms with Crippen LogP contribution in [0.3, 0.4) is 0 Å². The number of carbonyl (C=O) groups is 2. The lowest BCUT2D eigenvalue weighted by Crippen LogP contribution is -2.21. The van der Waals surface area contributed by atoms with Gasteiger partial charge in [0, 0.05) is 19.7 Å². The number of amides is 2. The number of fused-ring (bicyclic) bond motifs is 1. The van der Waals surface area contributed by atoms with Crippen molar-refractivity contribution in [2.24, 2.45) is 0 Å². The largest absolute Gasteiger partial charge is 0.435 e. The molecule has 3 heterocycles. The molecule has 1 aliphatic rings. The van der Waals surface area contributed by atoms with E-state index in [1.165, 1.54) is 7.05 Å². The minimum absolute atomic E-state index is 0.0409. The molecule has 0 radical (unpaired) electrons. The van der Waals surface area contributed by atoms with Crippen molar-refractivity contribution < 1.29 is 22.8 Å². The zero-order valence-electron chi connectivity index (χ0n) is 12.3. The van der Waals surface area contributed by atoms with E-state index >= 15 is 0 Å². The molecule has 2 aromatic heterocycles. The van der Waals surface area contributed by atoms with Crippen molar-refractivity contribution in [3.8, 4) is 0 Å². The van der Waals surface area contributed by atoms with Crippen LogP contribution in [0, 0.1) is 0 Å². The van der Waals surface area contributed by atoms with E-state index < -0.39 is 29.6 Å². The molecule has 2 amide bonds. The van der Waals surface area contributed by atoms with Crippen LogP contribution in [0.15, 0.2) is 6.07 Å². The topological polar surface area (TPSA) is 118 Å². The van der Waals surface area contributed by atoms with Gasteiger partial charge in [0.2, 0.25) is 11.7 Å². The number of halogens is 3. The second-order valence-corrected chi connectivity index (χ2v) is 5.09. The maximum absolute atomic E-state index is 12.7. The second kappa shape index (κ2) is 5.62. The third-order valence-electron chi connectivity index (χ3n) is 3.53. The molecule has 0 fully saturated rings. The minimum Gasteiger partial charge on any atom is -0.352 e. The summed E-state index contributed by atoms with van der Waals surface area (Å²) in [5.74, 6) is -1.86. The van der Waals surface area contributed by atoms with Crippen LogP contribution in [-0.2, 0) is 17.5 Å². The molecular weight excluding hydrogens is 331 g/mol. The average Bonchev–Trinajstić information content (AvgIpc) is 3.11. The second-order valence-electron chi connectivity index (χ2n) is 5.09. The lowest BCUT2D eigenvalue weighted by molar-refractivity contribution is -0.141. The Morgan fingerprint density at radius 1 is 1.46 bits per heavy atom. The monoisotopic (exact) mass is 343 g/mol. The van der Waals surface area contributed by atoms with Crippen molar-refractivity contribution in [1.82, 2.24) is 30.3 Å². The molecule has 2 aromatic rings. The molecule has 1 unspecified atom stereocenters. The molecule has 3 rings (SSSR count). The van der Waals surface area contributed by atoms with Crippen molar-refractivity contribution in [2.45, 2.75) is 25.1 Å². The fourth-order valence-electron chi connectivity index (χ4n) is 2.33. The number of aromatic nitrogens is 5. The van der Waals surface area contributed by atoms with Gasteiger partial charge in [-0.15, -0.1) is 5.10 Å². The Morgan fingerprint density at radius 3 is 2.88 bits per heavy atom. The van der Waals surface area contributed by atoms with Crippen molar-refractivity contribution in [3.63, 3.8) is 0 Å². The molecule has 1 aliphatic heterocycles. The van der Waals surface area contributed by atoms with Crippen LogP contribution in [0.25, 0.3) is 0 Å². The zero-order valence-corrected chi connectivity index (χ0v) is 12.3. The van der Waals surface area contributed by atoms with Gasteiger partial charge in [0.25, 0.3) is 5.91 Å². The first-order valence-electron chi connectivity index (χ1n) is 6.90. The predicted octanol–water partition coefficient (Wildman–Crippen LogP) is 0.506. The molecule has 24 heavy (non-hydrogen) atoms. The molecule has 12 heteroatoms. The Hall–Kier alpha value is -2.92. The van der Waals surface area contributed by atoms with E-state index in [0.717, 1.165) is 10.7 Å². The van der Waals surface area contributed by atoms with Gasteiger partial charge < -0.3 is 10.6 Å². The number of nitrogens with zero attached hydrogens (tertiary/aromatic N) is 4. The number of hydrogen-bond acceptors (Lipinski definition) is 5. The highest BCUT2D eigenvalue weighted by atomic mass is 19.4. The number of aryl methyl sites for hydroxylation is 1. The van der Waals surface area contributed by atoms with E-state index in [1.54, 1.807) is 0 Å². The molecule has 9 nitrogen and oxygen atoms in total. The van der Waals surface area contributed by atoms with E-state index in [9.17, 15) is 22.8 Å². The van der Waals surface area contributed by atoms with Gasteiger partial charge in [-0.1, -0.05) is 0 Å². The Morgan fingerprint density at radius 2 is 2.21 bits per heavy atom. The number of nitrogens with one attached hydrogen (secondary N) is 3. The van der Waals surface area contributed by atoms with Gasteiger partial charge in [0.1, 0.15) is 11.6 Å². The summed E-state index contributed by atoms with van der Waals surface area (Å²) in [6.07, 6.45) is -4.43. The van der Waals surface area contributed by atoms with Crippen LogP contribution in [0.1, 0.15) is 34.5 Å². The molecule has 0 aliphatic carbocycles. The van der Waals surface area contributed by atoms with Gasteiger partial charge in [-0.05, 0) is 6.42 Å². The summed E-state index contributed by atoms with van der Waals surface area (Å²) in [7, 11) is 1.41. The molecule has 1 atom stereocenters. The fourth-order valence-corrected chi connectivity index (χ4v) is 2.33. The third-order valence-corrected chi connectivity index (χ3v) is 3.53. The molecule has 0 spiro atoms. The molecule has 0 saturated heterocycles. The Bertz CT molecular complexity index is 795. The molecule has 3 N–H and O–H groups in total. The van der Waals surface area contributed by atoms with Crippen molar-refractivity contribution in [1.29, 1.82) is 0 Å². The summed E-state index contributed by atoms with van der Waals surface area (Å²) in [6.45, 7) is 0.0742. The van der Waals surface area contributed by atoms with Gasteiger partial charge in [-0.25, -0.2) is 9.67 Å². The summed E-state index contributed by atoms with van der Waals surface area (Å²) < 4.78 is 39.1. The van der Waals surface area contributed by atoms with Gasteiger partial charge in [-0.3, -0.25) is 14.7 Å². The maximum Gasteiger partial charge on any atom is 0.435 e. The number of rotatable bonds is 2. The van der Waals surface area contributed by atoms with E-state index in [4.69, 9.17) is 0 Å². The quantitative estimate of drug-likeness (QED) is 0.734. The molecule has 0 saturated carbocycles. The summed E-state index contributed by atoms with van der Waals surface area (Å²) in [5.41, 5.74) is -1.07. The first-order chi connectivity index (χ1) is 11.3. The molecule has 0 aromatic carbocycles.